The molecular weight excluding hydrogens is 422 g/mol. The number of benzene rings is 2. The monoisotopic (exact) mass is 449 g/mol. The van der Waals surface area contributed by atoms with Crippen molar-refractivity contribution >= 4 is 40.4 Å². The number of nitrogens with one attached hydrogen (secondary N) is 3. The molecule has 0 amide bonds. The van der Waals surface area contributed by atoms with Crippen molar-refractivity contribution in [1.82, 2.24) is 5.32 Å². The largest absolute Gasteiger partial charge is 0.480 e. The normalized spacial score (nSPS) is 14.7. The molecule has 0 fully saturated rings. The summed E-state index contributed by atoms with van der Waals surface area (Å²) in [6.45, 7) is 4.61. The minimum atomic E-state index is -1.05. The molecule has 0 radical (unpaired) electrons. The Balaban J connectivity index is 1.51. The second kappa shape index (κ2) is 9.56. The molecule has 2 unspecified atom stereocenters. The Hall–Kier alpha value is -3.13. The Morgan fingerprint density at radius 3 is 2.66 bits per heavy atom. The van der Waals surface area contributed by atoms with E-state index in [-0.39, 0.29) is 0 Å². The Morgan fingerprint density at radius 1 is 1.16 bits per heavy atom. The molecule has 2 atom stereocenters. The lowest BCUT2D eigenvalue weighted by Crippen LogP contribution is -2.45. The molecule has 3 aromatic rings. The molecule has 32 heavy (non-hydrogen) atoms. The highest BCUT2D eigenvalue weighted by Crippen LogP contribution is 2.40. The molecule has 2 aromatic carbocycles. The van der Waals surface area contributed by atoms with Gasteiger partial charge in [-0.1, -0.05) is 42.5 Å². The predicted octanol–water partition coefficient (Wildman–Crippen LogP) is 4.70. The Labute approximate surface area is 191 Å². The van der Waals surface area contributed by atoms with Crippen molar-refractivity contribution in [2.75, 3.05) is 23.7 Å². The van der Waals surface area contributed by atoms with Gasteiger partial charge in [-0.2, -0.15) is 0 Å². The molecule has 7 heteroatoms. The van der Waals surface area contributed by atoms with Crippen LogP contribution >= 0.6 is 11.3 Å². The lowest BCUT2D eigenvalue weighted by Gasteiger charge is -2.22. The molecule has 0 saturated carbocycles. The number of aliphatic hydroxyl groups is 1. The Morgan fingerprint density at radius 2 is 1.94 bits per heavy atom. The van der Waals surface area contributed by atoms with Crippen LogP contribution in [0.3, 0.4) is 0 Å². The summed E-state index contributed by atoms with van der Waals surface area (Å²) in [7, 11) is 0. The van der Waals surface area contributed by atoms with E-state index in [1.807, 2.05) is 18.2 Å². The summed E-state index contributed by atoms with van der Waals surface area (Å²) in [5, 5.41) is 30.9. The van der Waals surface area contributed by atoms with Crippen molar-refractivity contribution in [3.63, 3.8) is 0 Å². The third-order valence-corrected chi connectivity index (χ3v) is 6.56. The third-order valence-electron chi connectivity index (χ3n) is 5.63. The summed E-state index contributed by atoms with van der Waals surface area (Å²) < 4.78 is 0. The standard InChI is InChI=1S/C25H27N3O3S/c1-15-19(18-7-4-3-5-8-18)9-6-10-20(15)28-21-14-32-22-11-17(13-27-24(21)22)12-26-23(16(2)29)25(30)31/h3-11,14,16,23,26-29H,12-13H2,1-2H3,(H,30,31). The lowest BCUT2D eigenvalue weighted by atomic mass is 9.99. The van der Waals surface area contributed by atoms with E-state index in [0.717, 1.165) is 27.5 Å². The third kappa shape index (κ3) is 4.70. The van der Waals surface area contributed by atoms with E-state index in [1.165, 1.54) is 23.6 Å². The highest BCUT2D eigenvalue weighted by molar-refractivity contribution is 7.12. The highest BCUT2D eigenvalue weighted by Gasteiger charge is 2.23. The van der Waals surface area contributed by atoms with E-state index in [9.17, 15) is 15.0 Å². The van der Waals surface area contributed by atoms with Gasteiger partial charge in [0.2, 0.25) is 0 Å². The fourth-order valence-corrected chi connectivity index (χ4v) is 4.81. The van der Waals surface area contributed by atoms with Gasteiger partial charge >= 0.3 is 5.97 Å². The molecular formula is C25H27N3O3S. The van der Waals surface area contributed by atoms with Crippen molar-refractivity contribution in [2.45, 2.75) is 26.0 Å². The molecule has 5 N–H and O–H groups in total. The molecule has 1 aromatic heterocycles. The molecule has 1 aliphatic rings. The van der Waals surface area contributed by atoms with Gasteiger partial charge < -0.3 is 20.8 Å². The fraction of sp³-hybridized carbons (Fsp3) is 0.240. The maximum atomic E-state index is 11.3. The van der Waals surface area contributed by atoms with Crippen molar-refractivity contribution in [3.05, 3.63) is 69.9 Å². The van der Waals surface area contributed by atoms with Crippen LogP contribution < -0.4 is 16.0 Å². The number of aliphatic carboxylic acids is 1. The van der Waals surface area contributed by atoms with E-state index >= 15 is 0 Å². The van der Waals surface area contributed by atoms with Gasteiger partial charge in [-0.15, -0.1) is 11.3 Å². The quantitative estimate of drug-likeness (QED) is 0.342. The topological polar surface area (TPSA) is 93.6 Å². The molecule has 0 spiro atoms. The van der Waals surface area contributed by atoms with Crippen LogP contribution in [0.1, 0.15) is 17.4 Å². The maximum Gasteiger partial charge on any atom is 0.323 e. The molecule has 1 aliphatic heterocycles. The van der Waals surface area contributed by atoms with Crippen LogP contribution in [0.25, 0.3) is 17.2 Å². The zero-order valence-corrected chi connectivity index (χ0v) is 18.9. The van der Waals surface area contributed by atoms with Crippen molar-refractivity contribution in [3.8, 4) is 11.1 Å². The number of hydrogen-bond donors (Lipinski definition) is 5. The van der Waals surface area contributed by atoms with Crippen LogP contribution in [0.4, 0.5) is 17.1 Å². The zero-order chi connectivity index (χ0) is 22.7. The second-order valence-corrected chi connectivity index (χ2v) is 8.86. The summed E-state index contributed by atoms with van der Waals surface area (Å²) >= 11 is 1.63. The van der Waals surface area contributed by atoms with Crippen molar-refractivity contribution in [1.29, 1.82) is 0 Å². The van der Waals surface area contributed by atoms with Crippen LogP contribution in [-0.2, 0) is 4.79 Å². The summed E-state index contributed by atoms with van der Waals surface area (Å²) in [6.07, 6.45) is 1.12. The van der Waals surface area contributed by atoms with Gasteiger partial charge in [0, 0.05) is 24.2 Å². The first-order valence-corrected chi connectivity index (χ1v) is 11.4. The highest BCUT2D eigenvalue weighted by atomic mass is 32.1. The Kier molecular flexibility index (Phi) is 6.60. The van der Waals surface area contributed by atoms with E-state index in [4.69, 9.17) is 0 Å². The van der Waals surface area contributed by atoms with Crippen LogP contribution in [0.2, 0.25) is 0 Å². The van der Waals surface area contributed by atoms with E-state index in [2.05, 4.69) is 64.7 Å². The SMILES string of the molecule is Cc1c(Nc2csc3c2NCC(CNC(C(=O)O)C(C)O)=C3)cccc1-c1ccccc1. The second-order valence-electron chi connectivity index (χ2n) is 7.95. The number of carboxylic acids is 1. The van der Waals surface area contributed by atoms with Gasteiger partial charge in [-0.25, -0.2) is 0 Å². The first-order chi connectivity index (χ1) is 15.4. The molecule has 4 rings (SSSR count). The van der Waals surface area contributed by atoms with Gasteiger partial charge in [0.1, 0.15) is 6.04 Å². The molecule has 2 heterocycles. The summed E-state index contributed by atoms with van der Waals surface area (Å²) in [6, 6.07) is 15.7. The average molecular weight is 450 g/mol. The van der Waals surface area contributed by atoms with Crippen LogP contribution in [0.15, 0.2) is 59.5 Å². The van der Waals surface area contributed by atoms with Crippen LogP contribution in [0, 0.1) is 6.92 Å². The molecule has 166 valence electrons. The molecule has 0 saturated heterocycles. The van der Waals surface area contributed by atoms with Crippen molar-refractivity contribution in [2.24, 2.45) is 0 Å². The number of anilines is 3. The maximum absolute atomic E-state index is 11.3. The van der Waals surface area contributed by atoms with E-state index in [0.29, 0.717) is 13.1 Å². The number of aliphatic hydroxyl groups excluding tert-OH is 1. The minimum Gasteiger partial charge on any atom is -0.480 e. The van der Waals surface area contributed by atoms with Gasteiger partial charge in [0.05, 0.1) is 22.4 Å². The predicted molar refractivity (Wildman–Crippen MR) is 132 cm³/mol. The number of hydrogen-bond acceptors (Lipinski definition) is 6. The zero-order valence-electron chi connectivity index (χ0n) is 18.1. The van der Waals surface area contributed by atoms with E-state index in [1.54, 1.807) is 11.3 Å². The fourth-order valence-electron chi connectivity index (χ4n) is 3.86. The van der Waals surface area contributed by atoms with Gasteiger partial charge in [-0.05, 0) is 48.3 Å². The smallest absolute Gasteiger partial charge is 0.323 e. The van der Waals surface area contributed by atoms with Crippen LogP contribution in [0.5, 0.6) is 0 Å². The Bertz CT molecular complexity index is 1140. The first-order valence-electron chi connectivity index (χ1n) is 10.5. The average Bonchev–Trinajstić information content (AvgIpc) is 3.17. The number of thiophene rings is 1. The van der Waals surface area contributed by atoms with E-state index < -0.39 is 18.1 Å². The van der Waals surface area contributed by atoms with Crippen molar-refractivity contribution < 1.29 is 15.0 Å². The van der Waals surface area contributed by atoms with Gasteiger partial charge in [0.15, 0.2) is 0 Å². The number of carbonyl (C=O) groups is 1. The van der Waals surface area contributed by atoms with Gasteiger partial charge in [0.25, 0.3) is 0 Å². The minimum absolute atomic E-state index is 0.396. The summed E-state index contributed by atoms with van der Waals surface area (Å²) in [5.41, 5.74) is 7.75. The molecule has 6 nitrogen and oxygen atoms in total. The molecule has 0 aliphatic carbocycles. The lowest BCUT2D eigenvalue weighted by molar-refractivity contribution is -0.142. The number of fused-ring (bicyclic) bond motifs is 1. The summed E-state index contributed by atoms with van der Waals surface area (Å²) in [4.78, 5) is 12.4. The summed E-state index contributed by atoms with van der Waals surface area (Å²) in [5.74, 6) is -1.05. The first kappa shape index (κ1) is 22.1. The van der Waals surface area contributed by atoms with Gasteiger partial charge in [-0.3, -0.25) is 10.1 Å². The number of carboxylic acid groups (broad SMARTS) is 1. The molecule has 0 bridgehead atoms. The number of rotatable bonds is 8. The van der Waals surface area contributed by atoms with Crippen LogP contribution in [-0.4, -0.2) is 41.4 Å².